The zero-order valence-corrected chi connectivity index (χ0v) is 16.4. The molecule has 0 aromatic heterocycles. The molecule has 2 aliphatic heterocycles. The summed E-state index contributed by atoms with van der Waals surface area (Å²) in [7, 11) is 0. The number of nitrogens with one attached hydrogen (secondary N) is 2. The molecule has 0 bridgehead atoms. The molecule has 0 unspecified atom stereocenters. The highest BCUT2D eigenvalue weighted by molar-refractivity contribution is 5.83. The summed E-state index contributed by atoms with van der Waals surface area (Å²) in [5.41, 5.74) is 3.77. The summed E-state index contributed by atoms with van der Waals surface area (Å²) in [5.74, 6) is -0.0649. The van der Waals surface area contributed by atoms with Gasteiger partial charge in [0.25, 0.3) is 0 Å². The second kappa shape index (κ2) is 9.33. The summed E-state index contributed by atoms with van der Waals surface area (Å²) >= 11 is 0. The van der Waals surface area contributed by atoms with E-state index in [4.69, 9.17) is 4.74 Å². The van der Waals surface area contributed by atoms with E-state index in [9.17, 15) is 9.59 Å². The second-order valence-corrected chi connectivity index (χ2v) is 7.70. The van der Waals surface area contributed by atoms with Crippen LogP contribution in [0.5, 0.6) is 0 Å². The molecule has 1 aromatic rings. The van der Waals surface area contributed by atoms with Crippen LogP contribution in [0, 0.1) is 25.7 Å². The molecule has 6 heteroatoms. The number of benzene rings is 1. The fourth-order valence-corrected chi connectivity index (χ4v) is 3.91. The highest BCUT2D eigenvalue weighted by Gasteiger charge is 2.33. The predicted molar refractivity (Wildman–Crippen MR) is 104 cm³/mol. The van der Waals surface area contributed by atoms with Crippen LogP contribution in [0.15, 0.2) is 18.2 Å². The van der Waals surface area contributed by atoms with E-state index in [-0.39, 0.29) is 23.7 Å². The van der Waals surface area contributed by atoms with Gasteiger partial charge in [0.05, 0.1) is 25.0 Å². The molecule has 2 atom stereocenters. The Kier molecular flexibility index (Phi) is 6.85. The van der Waals surface area contributed by atoms with Crippen molar-refractivity contribution in [2.75, 3.05) is 45.9 Å². The molecule has 2 amide bonds. The molecular weight excluding hydrogens is 342 g/mol. The van der Waals surface area contributed by atoms with Crippen molar-refractivity contribution in [3.05, 3.63) is 34.9 Å². The van der Waals surface area contributed by atoms with Crippen molar-refractivity contribution in [2.24, 2.45) is 11.8 Å². The zero-order chi connectivity index (χ0) is 19.2. The van der Waals surface area contributed by atoms with Gasteiger partial charge in [-0.2, -0.15) is 0 Å². The first kappa shape index (κ1) is 19.8. The van der Waals surface area contributed by atoms with Gasteiger partial charge >= 0.3 is 0 Å². The molecule has 2 fully saturated rings. The molecule has 148 valence electrons. The first-order valence-electron chi connectivity index (χ1n) is 9.95. The van der Waals surface area contributed by atoms with Gasteiger partial charge in [0.15, 0.2) is 0 Å². The van der Waals surface area contributed by atoms with Gasteiger partial charge in [-0.25, -0.2) is 0 Å². The van der Waals surface area contributed by atoms with E-state index in [2.05, 4.69) is 42.7 Å². The van der Waals surface area contributed by atoms with Gasteiger partial charge in [0.1, 0.15) is 0 Å². The molecule has 0 radical (unpaired) electrons. The molecule has 0 aliphatic carbocycles. The molecule has 2 saturated heterocycles. The molecule has 27 heavy (non-hydrogen) atoms. The third-order valence-corrected chi connectivity index (χ3v) is 5.59. The number of hydrogen-bond acceptors (Lipinski definition) is 4. The van der Waals surface area contributed by atoms with Crippen LogP contribution in [0.3, 0.4) is 0 Å². The lowest BCUT2D eigenvalue weighted by molar-refractivity contribution is -0.141. The average molecular weight is 373 g/mol. The number of hydrogen-bond donors (Lipinski definition) is 2. The first-order valence-corrected chi connectivity index (χ1v) is 9.95. The topological polar surface area (TPSA) is 70.7 Å². The number of carbonyl (C=O) groups excluding carboxylic acids is 2. The fraction of sp³-hybridized carbons (Fsp3) is 0.619. The third-order valence-electron chi connectivity index (χ3n) is 5.59. The Morgan fingerprint density at radius 2 is 1.93 bits per heavy atom. The number of piperidine rings is 1. The van der Waals surface area contributed by atoms with E-state index >= 15 is 0 Å². The molecule has 0 spiro atoms. The van der Waals surface area contributed by atoms with Crippen LogP contribution in [-0.2, 0) is 20.7 Å². The summed E-state index contributed by atoms with van der Waals surface area (Å²) in [5, 5.41) is 6.33. The van der Waals surface area contributed by atoms with Gasteiger partial charge in [-0.1, -0.05) is 23.8 Å². The van der Waals surface area contributed by atoms with E-state index in [1.807, 2.05) is 4.90 Å². The maximum absolute atomic E-state index is 12.7. The van der Waals surface area contributed by atoms with Crippen LogP contribution in [0.1, 0.15) is 23.1 Å². The molecule has 6 nitrogen and oxygen atoms in total. The summed E-state index contributed by atoms with van der Waals surface area (Å²) in [6.07, 6.45) is 1.45. The summed E-state index contributed by atoms with van der Waals surface area (Å²) in [4.78, 5) is 27.1. The number of nitrogens with zero attached hydrogens (tertiary/aromatic N) is 1. The Hall–Kier alpha value is -1.92. The summed E-state index contributed by atoms with van der Waals surface area (Å²) in [6, 6.07) is 6.41. The largest absolute Gasteiger partial charge is 0.378 e. The van der Waals surface area contributed by atoms with Crippen molar-refractivity contribution >= 4 is 11.8 Å². The van der Waals surface area contributed by atoms with Gasteiger partial charge < -0.3 is 20.3 Å². The normalized spacial score (nSPS) is 23.1. The minimum Gasteiger partial charge on any atom is -0.378 e. The number of aryl methyl sites for hydroxylation is 2. The molecule has 3 rings (SSSR count). The van der Waals surface area contributed by atoms with E-state index in [1.165, 1.54) is 16.7 Å². The van der Waals surface area contributed by atoms with Crippen LogP contribution >= 0.6 is 0 Å². The Bertz CT molecular complexity index is 671. The summed E-state index contributed by atoms with van der Waals surface area (Å²) in [6.45, 7) is 8.63. The Labute approximate surface area is 161 Å². The minimum absolute atomic E-state index is 0.0484. The highest BCUT2D eigenvalue weighted by Crippen LogP contribution is 2.20. The molecule has 0 saturated carbocycles. The smallest absolute Gasteiger partial charge is 0.227 e. The lowest BCUT2D eigenvalue weighted by Crippen LogP contribution is -2.51. The average Bonchev–Trinajstić information content (AvgIpc) is 2.70. The zero-order valence-electron chi connectivity index (χ0n) is 16.4. The second-order valence-electron chi connectivity index (χ2n) is 7.70. The predicted octanol–water partition coefficient (Wildman–Crippen LogP) is 1.05. The Morgan fingerprint density at radius 3 is 2.70 bits per heavy atom. The van der Waals surface area contributed by atoms with Gasteiger partial charge in [-0.15, -0.1) is 0 Å². The van der Waals surface area contributed by atoms with Crippen molar-refractivity contribution in [3.8, 4) is 0 Å². The molecule has 2 aliphatic rings. The molecule has 2 N–H and O–H groups in total. The fourth-order valence-electron chi connectivity index (χ4n) is 3.91. The summed E-state index contributed by atoms with van der Waals surface area (Å²) < 4.78 is 5.32. The molecule has 2 heterocycles. The molecule has 1 aromatic carbocycles. The van der Waals surface area contributed by atoms with E-state index < -0.39 is 0 Å². The number of carbonyl (C=O) groups is 2. The Balaban J connectivity index is 1.47. The number of ether oxygens (including phenoxy) is 1. The van der Waals surface area contributed by atoms with E-state index in [1.54, 1.807) is 0 Å². The van der Waals surface area contributed by atoms with Crippen LogP contribution in [0.25, 0.3) is 0 Å². The maximum Gasteiger partial charge on any atom is 0.227 e. The standard InChI is InChI=1S/C21H31N3O3/c1-15-3-4-16(2)17(11-15)5-6-23-20(25)18-12-19(14-22-13-18)21(26)24-7-9-27-10-8-24/h3-4,11,18-19,22H,5-10,12-14H2,1-2H3,(H,23,25)/t18-,19-/m0/s1. The van der Waals surface area contributed by atoms with E-state index in [0.29, 0.717) is 52.4 Å². The third kappa shape index (κ3) is 5.30. The lowest BCUT2D eigenvalue weighted by Gasteiger charge is -2.34. The van der Waals surface area contributed by atoms with Gasteiger partial charge in [0.2, 0.25) is 11.8 Å². The SMILES string of the molecule is Cc1ccc(C)c(CCNC(=O)[C@@H]2CNC[C@@H](C(=O)N3CCOCC3)C2)c1. The van der Waals surface area contributed by atoms with Gasteiger partial charge in [0, 0.05) is 32.7 Å². The molecular formula is C21H31N3O3. The number of morpholine rings is 1. The lowest BCUT2D eigenvalue weighted by atomic mass is 9.88. The van der Waals surface area contributed by atoms with Crippen molar-refractivity contribution in [2.45, 2.75) is 26.7 Å². The first-order chi connectivity index (χ1) is 13.0. The quantitative estimate of drug-likeness (QED) is 0.809. The highest BCUT2D eigenvalue weighted by atomic mass is 16.5. The van der Waals surface area contributed by atoms with Crippen molar-refractivity contribution in [1.82, 2.24) is 15.5 Å². The van der Waals surface area contributed by atoms with Crippen LogP contribution < -0.4 is 10.6 Å². The monoisotopic (exact) mass is 373 g/mol. The van der Waals surface area contributed by atoms with Crippen molar-refractivity contribution < 1.29 is 14.3 Å². The van der Waals surface area contributed by atoms with Crippen LogP contribution in [-0.4, -0.2) is 62.7 Å². The Morgan fingerprint density at radius 1 is 1.19 bits per heavy atom. The van der Waals surface area contributed by atoms with Crippen LogP contribution in [0.2, 0.25) is 0 Å². The minimum atomic E-state index is -0.146. The van der Waals surface area contributed by atoms with Crippen LogP contribution in [0.4, 0.5) is 0 Å². The van der Waals surface area contributed by atoms with Gasteiger partial charge in [-0.05, 0) is 37.8 Å². The maximum atomic E-state index is 12.7. The van der Waals surface area contributed by atoms with Crippen molar-refractivity contribution in [1.29, 1.82) is 0 Å². The van der Waals surface area contributed by atoms with E-state index in [0.717, 1.165) is 6.42 Å². The number of rotatable bonds is 5. The van der Waals surface area contributed by atoms with Crippen molar-refractivity contribution in [3.63, 3.8) is 0 Å². The van der Waals surface area contributed by atoms with Gasteiger partial charge in [-0.3, -0.25) is 9.59 Å². The number of amides is 2.